The molecule has 0 aromatic carbocycles. The molecule has 8 amide bonds. The number of fused-ring (bicyclic) bond motifs is 8. The number of ether oxygens (including phenoxy) is 5. The van der Waals surface area contributed by atoms with Gasteiger partial charge in [0, 0.05) is 156 Å². The highest BCUT2D eigenvalue weighted by molar-refractivity contribution is 6.24. The second-order valence-corrected chi connectivity index (χ2v) is 23.5. The molecule has 8 unspecified atom stereocenters. The Morgan fingerprint density at radius 3 is 1.47 bits per heavy atom. The first-order valence-electron chi connectivity index (χ1n) is 32.8. The van der Waals surface area contributed by atoms with E-state index < -0.39 is 101 Å². The predicted molar refractivity (Wildman–Crippen MR) is 340 cm³/mol. The minimum Gasteiger partial charge on any atom is -0.391 e. The standard InChI is InChI=1S/C63H101N13O17/c1-89-38-39-93-43-42-92-37-34-76-29-21-71-62(87)50-12-4-8-46(54(50)79)58(83)67-17-25-74(26-18-68-59(84)47-9-5-13-51(55(47)80)63(88)72-22-30-76)32-31-73-23-15-65-56(81)44-6-2-10-48(52(44)77)60(85)69-19-27-75(33-36-91-41-40-90-35-14-64)28-20-70-61(86)49-11-3-7-45(53(49)78)57(82)66-16-24-73/h2,4,7-10,12,44,48-54,77-79H,3,5-6,11,13-43,64H2,1H3,(H,65,81)(H,66,82)(H,67,83)(H,68,84)(H,69,85)(H,70,86)(H,71,87)(H,72,88). The number of nitrogens with zero attached hydrogens (tertiary/aromatic N) is 4. The SMILES string of the molecule is COCCOCCOCCN1CCNC(=O)C2CCC=C(C(=O)NCCN(CCN3CCNC(=O)C4=CCCC(C(=O)NCCN(CCOCCOCCN)CCNC(=O)C5C=CCC(C(=O)NCC3)C5O)C4O)CCNC(=O)C3=CC=CC(C(=O)NCC1)C3O)C2=O. The maximum absolute atomic E-state index is 13.9. The lowest BCUT2D eigenvalue weighted by Crippen LogP contribution is -2.50. The molecular weight excluding hydrogens is 1210 g/mol. The van der Waals surface area contributed by atoms with Crippen LogP contribution in [-0.4, -0.2) is 310 Å². The van der Waals surface area contributed by atoms with Gasteiger partial charge in [-0.25, -0.2) is 0 Å². The zero-order valence-corrected chi connectivity index (χ0v) is 53.8. The summed E-state index contributed by atoms with van der Waals surface area (Å²) < 4.78 is 27.4. The number of amides is 8. The van der Waals surface area contributed by atoms with Gasteiger partial charge in [-0.2, -0.15) is 0 Å². The van der Waals surface area contributed by atoms with E-state index in [0.717, 1.165) is 0 Å². The minimum atomic E-state index is -1.47. The maximum atomic E-state index is 13.9. The van der Waals surface area contributed by atoms with Gasteiger partial charge in [-0.3, -0.25) is 62.8 Å². The van der Waals surface area contributed by atoms with Gasteiger partial charge < -0.3 is 87.3 Å². The van der Waals surface area contributed by atoms with Crippen molar-refractivity contribution in [1.29, 1.82) is 0 Å². The zero-order chi connectivity index (χ0) is 66.7. The molecule has 0 aromatic rings. The summed E-state index contributed by atoms with van der Waals surface area (Å²) >= 11 is 0. The number of nitrogens with two attached hydrogens (primary N) is 1. The Hall–Kier alpha value is -6.39. The van der Waals surface area contributed by atoms with Gasteiger partial charge in [0.25, 0.3) is 5.91 Å². The third kappa shape index (κ3) is 25.4. The Morgan fingerprint density at radius 1 is 0.462 bits per heavy atom. The lowest BCUT2D eigenvalue weighted by molar-refractivity contribution is -0.136. The predicted octanol–water partition coefficient (Wildman–Crippen LogP) is -5.55. The normalized spacial score (nSPS) is 27.1. The molecule has 2 fully saturated rings. The zero-order valence-electron chi connectivity index (χ0n) is 53.8. The molecule has 0 radical (unpaired) electrons. The molecule has 6 rings (SSSR count). The van der Waals surface area contributed by atoms with Crippen LogP contribution in [0.1, 0.15) is 32.1 Å². The van der Waals surface area contributed by atoms with Gasteiger partial charge in [-0.1, -0.05) is 42.5 Å². The number of nitrogens with one attached hydrogen (secondary N) is 8. The summed E-state index contributed by atoms with van der Waals surface area (Å²) in [6, 6.07) is 0. The van der Waals surface area contributed by atoms with Crippen LogP contribution in [0, 0.1) is 29.6 Å². The van der Waals surface area contributed by atoms with Crippen molar-refractivity contribution in [3.8, 4) is 0 Å². The van der Waals surface area contributed by atoms with Crippen molar-refractivity contribution in [2.75, 3.05) is 204 Å². The molecule has 520 valence electrons. The van der Waals surface area contributed by atoms with Crippen molar-refractivity contribution in [2.45, 2.75) is 50.4 Å². The first kappa shape index (κ1) is 75.6. The Morgan fingerprint density at radius 2 is 0.914 bits per heavy atom. The van der Waals surface area contributed by atoms with E-state index in [1.807, 2.05) is 19.6 Å². The van der Waals surface area contributed by atoms with Crippen LogP contribution in [0.5, 0.6) is 0 Å². The molecule has 6 aliphatic rings. The summed E-state index contributed by atoms with van der Waals surface area (Å²) in [5.74, 6) is -9.83. The van der Waals surface area contributed by atoms with Gasteiger partial charge in [0.2, 0.25) is 41.4 Å². The number of methoxy groups -OCH3 is 1. The first-order valence-corrected chi connectivity index (χ1v) is 32.8. The monoisotopic (exact) mass is 1310 g/mol. The molecule has 8 atom stereocenters. The largest absolute Gasteiger partial charge is 0.391 e. The van der Waals surface area contributed by atoms with Crippen LogP contribution in [0.25, 0.3) is 0 Å². The summed E-state index contributed by atoms with van der Waals surface area (Å²) in [6.45, 7) is 8.25. The molecule has 0 spiro atoms. The number of Topliss-reactive ketones (excluding diaryl/α,β-unsaturated/α-hetero) is 1. The second kappa shape index (κ2) is 42.1. The molecule has 8 bridgehead atoms. The fourth-order valence-electron chi connectivity index (χ4n) is 11.7. The Bertz CT molecular complexity index is 2590. The third-order valence-corrected chi connectivity index (χ3v) is 17.1. The van der Waals surface area contributed by atoms with Gasteiger partial charge >= 0.3 is 0 Å². The molecule has 2 heterocycles. The number of allylic oxidation sites excluding steroid dienone is 5. The van der Waals surface area contributed by atoms with E-state index in [9.17, 15) is 58.5 Å². The Kier molecular flexibility index (Phi) is 34.3. The number of aliphatic hydroxyl groups excluding tert-OH is 3. The average Bonchev–Trinajstić information content (AvgIpc) is 1.43. The number of carbonyl (C=O) groups excluding carboxylic acids is 9. The summed E-state index contributed by atoms with van der Waals surface area (Å²) in [6.07, 6.45) is 8.14. The molecule has 2 saturated heterocycles. The minimum absolute atomic E-state index is 0.0250. The van der Waals surface area contributed by atoms with E-state index in [0.29, 0.717) is 125 Å². The average molecular weight is 1310 g/mol. The molecule has 0 aromatic heterocycles. The molecule has 0 saturated carbocycles. The van der Waals surface area contributed by atoms with E-state index in [1.54, 1.807) is 31.4 Å². The topological polar surface area (TPSA) is 396 Å². The van der Waals surface area contributed by atoms with Crippen LogP contribution >= 0.6 is 0 Å². The van der Waals surface area contributed by atoms with Crippen LogP contribution in [0.3, 0.4) is 0 Å². The van der Waals surface area contributed by atoms with Crippen molar-refractivity contribution in [2.24, 2.45) is 35.3 Å². The van der Waals surface area contributed by atoms with Crippen molar-refractivity contribution in [3.05, 3.63) is 59.3 Å². The van der Waals surface area contributed by atoms with Crippen LogP contribution in [-0.2, 0) is 66.8 Å². The molecule has 30 heteroatoms. The van der Waals surface area contributed by atoms with Crippen molar-refractivity contribution >= 4 is 53.0 Å². The summed E-state index contributed by atoms with van der Waals surface area (Å²) in [5, 5.41) is 57.4. The number of hydrogen-bond donors (Lipinski definition) is 12. The van der Waals surface area contributed by atoms with E-state index in [2.05, 4.69) is 42.5 Å². The third-order valence-electron chi connectivity index (χ3n) is 17.1. The van der Waals surface area contributed by atoms with E-state index >= 15 is 0 Å². The van der Waals surface area contributed by atoms with Gasteiger partial charge in [-0.15, -0.1) is 0 Å². The van der Waals surface area contributed by atoms with E-state index in [-0.39, 0.29) is 121 Å². The smallest absolute Gasteiger partial charge is 0.254 e. The molecule has 30 nitrogen and oxygen atoms in total. The lowest BCUT2D eigenvalue weighted by atomic mass is 9.82. The highest BCUT2D eigenvalue weighted by Gasteiger charge is 2.39. The van der Waals surface area contributed by atoms with Gasteiger partial charge in [0.05, 0.1) is 107 Å². The lowest BCUT2D eigenvalue weighted by Gasteiger charge is -2.31. The molecule has 2 aliphatic heterocycles. The quantitative estimate of drug-likeness (QED) is 0.0234. The number of rotatable bonds is 20. The first-order chi connectivity index (χ1) is 45.1. The van der Waals surface area contributed by atoms with Gasteiger partial charge in [0.15, 0.2) is 5.78 Å². The van der Waals surface area contributed by atoms with Crippen LogP contribution in [0.4, 0.5) is 0 Å². The Labute approximate surface area is 544 Å². The van der Waals surface area contributed by atoms with E-state index in [1.165, 1.54) is 18.2 Å². The molecular formula is C63H101N13O17. The van der Waals surface area contributed by atoms with E-state index in [4.69, 9.17) is 29.4 Å². The number of carbonyl (C=O) groups is 9. The fraction of sp³-hybridized carbons (Fsp3) is 0.698. The van der Waals surface area contributed by atoms with Gasteiger partial charge in [0.1, 0.15) is 5.92 Å². The highest BCUT2D eigenvalue weighted by atomic mass is 16.5. The van der Waals surface area contributed by atoms with Gasteiger partial charge in [-0.05, 0) is 32.1 Å². The number of aliphatic hydroxyl groups is 3. The van der Waals surface area contributed by atoms with Crippen molar-refractivity contribution in [3.63, 3.8) is 0 Å². The van der Waals surface area contributed by atoms with Crippen molar-refractivity contribution < 1.29 is 82.2 Å². The summed E-state index contributed by atoms with van der Waals surface area (Å²) in [7, 11) is 1.58. The molecule has 4 aliphatic carbocycles. The number of hydrogen-bond acceptors (Lipinski definition) is 22. The maximum Gasteiger partial charge on any atom is 0.254 e. The summed E-state index contributed by atoms with van der Waals surface area (Å²) in [4.78, 5) is 131. The Balaban J connectivity index is 1.13. The second-order valence-electron chi connectivity index (χ2n) is 23.5. The van der Waals surface area contributed by atoms with Crippen LogP contribution < -0.4 is 48.3 Å². The highest BCUT2D eigenvalue weighted by Crippen LogP contribution is 2.27. The fourth-order valence-corrected chi connectivity index (χ4v) is 11.7. The van der Waals surface area contributed by atoms with Crippen LogP contribution in [0.2, 0.25) is 0 Å². The number of ketones is 1. The van der Waals surface area contributed by atoms with Crippen molar-refractivity contribution in [1.82, 2.24) is 62.1 Å². The summed E-state index contributed by atoms with van der Waals surface area (Å²) in [5.41, 5.74) is 5.40. The van der Waals surface area contributed by atoms with Crippen LogP contribution in [0.15, 0.2) is 59.3 Å². The molecule has 13 N–H and O–H groups in total. The molecule has 93 heavy (non-hydrogen) atoms.